The lowest BCUT2D eigenvalue weighted by molar-refractivity contribution is 0.701. The average Bonchev–Trinajstić information content (AvgIpc) is 3.12. The van der Waals surface area contributed by atoms with E-state index in [9.17, 15) is 4.79 Å². The minimum atomic E-state index is -0.188. The van der Waals surface area contributed by atoms with Gasteiger partial charge in [-0.15, -0.1) is 0 Å². The molecule has 4 heteroatoms. The summed E-state index contributed by atoms with van der Waals surface area (Å²) in [7, 11) is 0. The fourth-order valence-corrected chi connectivity index (χ4v) is 5.78. The normalized spacial score (nSPS) is 17.8. The molecule has 6 rings (SSSR count). The monoisotopic (exact) mass is 501 g/mol. The van der Waals surface area contributed by atoms with Crippen LogP contribution >= 0.6 is 0 Å². The van der Waals surface area contributed by atoms with E-state index in [-0.39, 0.29) is 5.56 Å². The van der Waals surface area contributed by atoms with Crippen LogP contribution in [0.2, 0.25) is 0 Å². The molecular formula is C34H35N3O. The van der Waals surface area contributed by atoms with Gasteiger partial charge in [0, 0.05) is 22.0 Å². The number of nitrogens with zero attached hydrogens (tertiary/aromatic N) is 1. The van der Waals surface area contributed by atoms with Crippen LogP contribution in [0.4, 0.5) is 0 Å². The van der Waals surface area contributed by atoms with Gasteiger partial charge >= 0.3 is 0 Å². The van der Waals surface area contributed by atoms with Crippen molar-refractivity contribution in [3.63, 3.8) is 0 Å². The molecule has 2 aliphatic carbocycles. The van der Waals surface area contributed by atoms with E-state index < -0.39 is 0 Å². The molecule has 38 heavy (non-hydrogen) atoms. The van der Waals surface area contributed by atoms with E-state index >= 15 is 0 Å². The molecule has 2 aromatic heterocycles. The Hall–Kier alpha value is -3.92. The maximum atomic E-state index is 13.2. The summed E-state index contributed by atoms with van der Waals surface area (Å²) in [5.41, 5.74) is 9.29. The highest BCUT2D eigenvalue weighted by Gasteiger charge is 2.20. The third-order valence-electron chi connectivity index (χ3n) is 7.98. The molecule has 4 nitrogen and oxygen atoms in total. The van der Waals surface area contributed by atoms with Crippen molar-refractivity contribution in [2.45, 2.75) is 58.3 Å². The molecule has 0 bridgehead atoms. The first-order valence-electron chi connectivity index (χ1n) is 14.0. The van der Waals surface area contributed by atoms with Crippen LogP contribution in [0, 0.1) is 5.92 Å². The van der Waals surface area contributed by atoms with Crippen LogP contribution in [0.5, 0.6) is 0 Å². The van der Waals surface area contributed by atoms with E-state index in [1.165, 1.54) is 37.7 Å². The Morgan fingerprint density at radius 3 is 2.71 bits per heavy atom. The Morgan fingerprint density at radius 2 is 1.87 bits per heavy atom. The lowest BCUT2D eigenvalue weighted by Crippen LogP contribution is -2.12. The fraction of sp³-hybridized carbons (Fsp3) is 0.294. The fourth-order valence-electron chi connectivity index (χ4n) is 5.78. The molecule has 2 aliphatic rings. The minimum Gasteiger partial charge on any atom is -0.354 e. The molecule has 4 aromatic rings. The van der Waals surface area contributed by atoms with Crippen molar-refractivity contribution < 1.29 is 0 Å². The van der Waals surface area contributed by atoms with Gasteiger partial charge in [0.25, 0.3) is 5.56 Å². The molecule has 0 radical (unpaired) electrons. The molecule has 0 spiro atoms. The summed E-state index contributed by atoms with van der Waals surface area (Å²) in [6.07, 6.45) is 18.9. The van der Waals surface area contributed by atoms with Crippen molar-refractivity contribution in [3.8, 4) is 22.5 Å². The second-order valence-corrected chi connectivity index (χ2v) is 10.8. The van der Waals surface area contributed by atoms with Gasteiger partial charge in [-0.3, -0.25) is 4.79 Å². The maximum Gasteiger partial charge on any atom is 0.273 e. The summed E-state index contributed by atoms with van der Waals surface area (Å²) in [4.78, 5) is 16.8. The van der Waals surface area contributed by atoms with E-state index in [2.05, 4.69) is 64.6 Å². The van der Waals surface area contributed by atoms with Gasteiger partial charge in [-0.05, 0) is 74.1 Å². The average molecular weight is 502 g/mol. The molecule has 0 saturated carbocycles. The number of fused-ring (bicyclic) bond motifs is 1. The molecule has 2 aromatic carbocycles. The number of aryl methyl sites for hydroxylation is 1. The van der Waals surface area contributed by atoms with Crippen LogP contribution < -0.4 is 5.56 Å². The number of allylic oxidation sites excluding steroid dienone is 6. The topological polar surface area (TPSA) is 61.5 Å². The third kappa shape index (κ3) is 5.08. The number of aromatic nitrogens is 3. The van der Waals surface area contributed by atoms with Gasteiger partial charge in [0.05, 0.1) is 17.0 Å². The van der Waals surface area contributed by atoms with E-state index in [1.807, 2.05) is 36.4 Å². The Bertz CT molecular complexity index is 1600. The summed E-state index contributed by atoms with van der Waals surface area (Å²) in [6, 6.07) is 18.7. The lowest BCUT2D eigenvalue weighted by atomic mass is 9.91. The summed E-state index contributed by atoms with van der Waals surface area (Å²) in [6.45, 7) is 2.23. The van der Waals surface area contributed by atoms with Gasteiger partial charge in [0.2, 0.25) is 0 Å². The molecule has 1 atom stereocenters. The second-order valence-electron chi connectivity index (χ2n) is 10.8. The Labute approximate surface area is 224 Å². The maximum absolute atomic E-state index is 13.2. The zero-order valence-corrected chi connectivity index (χ0v) is 22.1. The Kier molecular flexibility index (Phi) is 6.96. The molecular weight excluding hydrogens is 466 g/mol. The number of hydrogen-bond acceptors (Lipinski definition) is 2. The number of benzene rings is 2. The minimum absolute atomic E-state index is 0.188. The Morgan fingerprint density at radius 1 is 0.974 bits per heavy atom. The van der Waals surface area contributed by atoms with Gasteiger partial charge < -0.3 is 4.98 Å². The second kappa shape index (κ2) is 10.8. The van der Waals surface area contributed by atoms with Crippen molar-refractivity contribution in [1.82, 2.24) is 15.2 Å². The van der Waals surface area contributed by atoms with Gasteiger partial charge in [0.15, 0.2) is 0 Å². The van der Waals surface area contributed by atoms with Gasteiger partial charge in [0.1, 0.15) is 0 Å². The van der Waals surface area contributed by atoms with Crippen LogP contribution in [0.15, 0.2) is 89.3 Å². The number of rotatable bonds is 6. The van der Waals surface area contributed by atoms with Gasteiger partial charge in [-0.1, -0.05) is 85.7 Å². The molecule has 0 aliphatic heterocycles. The van der Waals surface area contributed by atoms with Crippen LogP contribution in [-0.4, -0.2) is 15.2 Å². The zero-order valence-electron chi connectivity index (χ0n) is 22.1. The number of nitrogens with one attached hydrogen (secondary N) is 2. The SMILES string of the molecule is CC1C=CC(c2c(-c3cc(-c4ccccc4)n[nH]c3=O)[nH]c3cc(CCC4=CCCCCC4)ccc23)=CC1. The first-order chi connectivity index (χ1) is 18.7. The summed E-state index contributed by atoms with van der Waals surface area (Å²) >= 11 is 0. The number of aromatic amines is 2. The molecule has 0 saturated heterocycles. The number of hydrogen-bond donors (Lipinski definition) is 2. The Balaban J connectivity index is 1.43. The van der Waals surface area contributed by atoms with E-state index in [1.54, 1.807) is 5.57 Å². The summed E-state index contributed by atoms with van der Waals surface area (Å²) in [5.74, 6) is 0.520. The molecule has 2 heterocycles. The van der Waals surface area contributed by atoms with Gasteiger partial charge in [-0.2, -0.15) is 5.10 Å². The standard InChI is InChI=1S/C34H35N3O/c1-23-13-18-27(19-14-23)32-28-20-17-25(16-15-24-9-5-2-3-6-10-24)21-31(28)35-33(32)29-22-30(36-37-34(29)38)26-11-7-4-8-12-26/h4,7-9,11-13,17-23,35H,2-3,5-6,10,14-16H2,1H3,(H,37,38). The molecule has 0 fully saturated rings. The van der Waals surface area contributed by atoms with Crippen LogP contribution in [0.25, 0.3) is 39.0 Å². The van der Waals surface area contributed by atoms with Crippen LogP contribution in [-0.2, 0) is 6.42 Å². The van der Waals surface area contributed by atoms with E-state index in [4.69, 9.17) is 0 Å². The van der Waals surface area contributed by atoms with Crippen molar-refractivity contribution in [3.05, 3.63) is 106 Å². The van der Waals surface area contributed by atoms with Crippen molar-refractivity contribution >= 4 is 16.5 Å². The zero-order chi connectivity index (χ0) is 25.9. The van der Waals surface area contributed by atoms with E-state index in [0.29, 0.717) is 11.5 Å². The molecule has 1 unspecified atom stereocenters. The predicted molar refractivity (Wildman–Crippen MR) is 158 cm³/mol. The van der Waals surface area contributed by atoms with Crippen molar-refractivity contribution in [1.29, 1.82) is 0 Å². The van der Waals surface area contributed by atoms with Gasteiger partial charge in [-0.25, -0.2) is 5.10 Å². The smallest absolute Gasteiger partial charge is 0.273 e. The molecule has 2 N–H and O–H groups in total. The number of H-pyrrole nitrogens is 2. The predicted octanol–water partition coefficient (Wildman–Crippen LogP) is 8.39. The highest BCUT2D eigenvalue weighted by molar-refractivity contribution is 6.02. The quantitative estimate of drug-likeness (QED) is 0.261. The summed E-state index contributed by atoms with van der Waals surface area (Å²) < 4.78 is 0. The third-order valence-corrected chi connectivity index (χ3v) is 7.98. The van der Waals surface area contributed by atoms with Crippen molar-refractivity contribution in [2.24, 2.45) is 5.92 Å². The van der Waals surface area contributed by atoms with Crippen LogP contribution in [0.3, 0.4) is 0 Å². The lowest BCUT2D eigenvalue weighted by Gasteiger charge is -2.13. The highest BCUT2D eigenvalue weighted by atomic mass is 16.1. The molecule has 0 amide bonds. The van der Waals surface area contributed by atoms with Crippen molar-refractivity contribution in [2.75, 3.05) is 0 Å². The highest BCUT2D eigenvalue weighted by Crippen LogP contribution is 2.38. The largest absolute Gasteiger partial charge is 0.354 e. The summed E-state index contributed by atoms with van der Waals surface area (Å²) in [5, 5.41) is 8.25. The van der Waals surface area contributed by atoms with Crippen LogP contribution in [0.1, 0.15) is 63.0 Å². The first kappa shape index (κ1) is 24.4. The van der Waals surface area contributed by atoms with E-state index in [0.717, 1.165) is 58.3 Å². The first-order valence-corrected chi connectivity index (χ1v) is 14.0. The molecule has 192 valence electrons.